The van der Waals surface area contributed by atoms with Crippen LogP contribution in [-0.2, 0) is 16.0 Å². The highest BCUT2D eigenvalue weighted by atomic mass is 16.2. The number of rotatable bonds is 5. The second-order valence-electron chi connectivity index (χ2n) is 5.83. The van der Waals surface area contributed by atoms with Gasteiger partial charge in [-0.2, -0.15) is 0 Å². The fourth-order valence-electron chi connectivity index (χ4n) is 2.31. The van der Waals surface area contributed by atoms with Crippen molar-refractivity contribution in [3.8, 4) is 0 Å². The van der Waals surface area contributed by atoms with Gasteiger partial charge >= 0.3 is 0 Å². The van der Waals surface area contributed by atoms with E-state index in [-0.39, 0.29) is 11.8 Å². The van der Waals surface area contributed by atoms with Gasteiger partial charge in [-0.25, -0.2) is 0 Å². The van der Waals surface area contributed by atoms with Crippen LogP contribution < -0.4 is 10.6 Å². The highest BCUT2D eigenvalue weighted by Crippen LogP contribution is 2.47. The summed E-state index contributed by atoms with van der Waals surface area (Å²) in [4.78, 5) is 24.5. The van der Waals surface area contributed by atoms with Gasteiger partial charge in [0.15, 0.2) is 0 Å². The molecule has 1 aromatic carbocycles. The highest BCUT2D eigenvalue weighted by molar-refractivity contribution is 6.13. The van der Waals surface area contributed by atoms with Crippen molar-refractivity contribution in [1.29, 1.82) is 0 Å². The lowest BCUT2D eigenvalue weighted by molar-refractivity contribution is -0.134. The fraction of sp³-hybridized carbons (Fsp3) is 0.500. The zero-order valence-corrected chi connectivity index (χ0v) is 11.7. The number of anilines is 1. The van der Waals surface area contributed by atoms with E-state index in [9.17, 15) is 9.59 Å². The lowest BCUT2D eigenvalue weighted by Crippen LogP contribution is -2.40. The Kier molecular flexibility index (Phi) is 3.24. The monoisotopic (exact) mass is 272 g/mol. The molecule has 4 nitrogen and oxygen atoms in total. The number of benzene rings is 1. The van der Waals surface area contributed by atoms with Crippen LogP contribution in [0, 0.1) is 5.41 Å². The van der Waals surface area contributed by atoms with Crippen molar-refractivity contribution in [2.24, 2.45) is 5.41 Å². The van der Waals surface area contributed by atoms with E-state index < -0.39 is 5.41 Å². The highest BCUT2D eigenvalue weighted by Gasteiger charge is 2.57. The van der Waals surface area contributed by atoms with Crippen molar-refractivity contribution < 1.29 is 9.59 Å². The summed E-state index contributed by atoms with van der Waals surface area (Å²) in [7, 11) is 0. The number of carbonyl (C=O) groups excluding carboxylic acids is 2. The summed E-state index contributed by atoms with van der Waals surface area (Å²) in [6.45, 7) is 2.09. The zero-order chi connectivity index (χ0) is 14.2. The third-order valence-electron chi connectivity index (χ3n) is 4.15. The van der Waals surface area contributed by atoms with Crippen molar-refractivity contribution in [2.45, 2.75) is 45.1 Å². The smallest absolute Gasteiger partial charge is 0.240 e. The molecule has 0 saturated heterocycles. The first-order valence-electron chi connectivity index (χ1n) is 7.35. The molecule has 0 aromatic heterocycles. The summed E-state index contributed by atoms with van der Waals surface area (Å²) >= 11 is 0. The average Bonchev–Trinajstić information content (AvgIpc) is 3.33. The van der Waals surface area contributed by atoms with E-state index in [1.54, 1.807) is 0 Å². The molecule has 0 unspecified atom stereocenters. The van der Waals surface area contributed by atoms with Gasteiger partial charge < -0.3 is 10.6 Å². The standard InChI is InChI=1S/C16H20N2O2/c1-2-11-3-5-12(6-4-11)17-14(19)16(9-10-16)15(20)18-13-7-8-13/h3-6,13H,2,7-10H2,1H3,(H,17,19)(H,18,20). The Morgan fingerprint density at radius 1 is 1.15 bits per heavy atom. The van der Waals surface area contributed by atoms with Crippen LogP contribution in [0.25, 0.3) is 0 Å². The number of hydrogen-bond acceptors (Lipinski definition) is 2. The molecule has 0 atom stereocenters. The predicted molar refractivity (Wildman–Crippen MR) is 77.3 cm³/mol. The first-order chi connectivity index (χ1) is 9.64. The maximum Gasteiger partial charge on any atom is 0.240 e. The van der Waals surface area contributed by atoms with E-state index in [4.69, 9.17) is 0 Å². The minimum absolute atomic E-state index is 0.0947. The van der Waals surface area contributed by atoms with E-state index in [1.807, 2.05) is 24.3 Å². The van der Waals surface area contributed by atoms with Crippen LogP contribution in [0.4, 0.5) is 5.69 Å². The zero-order valence-electron chi connectivity index (χ0n) is 11.7. The normalized spacial score (nSPS) is 19.2. The molecule has 0 aliphatic heterocycles. The Bertz CT molecular complexity index is 528. The molecule has 2 aliphatic rings. The molecule has 106 valence electrons. The Balaban J connectivity index is 1.64. The van der Waals surface area contributed by atoms with Crippen molar-refractivity contribution in [2.75, 3.05) is 5.32 Å². The van der Waals surface area contributed by atoms with Crippen LogP contribution in [0.2, 0.25) is 0 Å². The molecular formula is C16H20N2O2. The largest absolute Gasteiger partial charge is 0.352 e. The molecule has 2 aliphatic carbocycles. The first-order valence-corrected chi connectivity index (χ1v) is 7.35. The maximum absolute atomic E-state index is 12.3. The van der Waals surface area contributed by atoms with Gasteiger partial charge in [-0.15, -0.1) is 0 Å². The minimum atomic E-state index is -0.813. The quantitative estimate of drug-likeness (QED) is 0.808. The topological polar surface area (TPSA) is 58.2 Å². The summed E-state index contributed by atoms with van der Waals surface area (Å²) in [6.07, 6.45) is 4.38. The van der Waals surface area contributed by atoms with Gasteiger partial charge in [0, 0.05) is 11.7 Å². The second kappa shape index (κ2) is 4.93. The number of nitrogens with one attached hydrogen (secondary N) is 2. The second-order valence-corrected chi connectivity index (χ2v) is 5.83. The van der Waals surface area contributed by atoms with Gasteiger partial charge in [0.1, 0.15) is 5.41 Å². The first kappa shape index (κ1) is 13.2. The summed E-state index contributed by atoms with van der Waals surface area (Å²) in [5, 5.41) is 5.81. The number of hydrogen-bond donors (Lipinski definition) is 2. The summed E-state index contributed by atoms with van der Waals surface area (Å²) in [6, 6.07) is 8.09. The van der Waals surface area contributed by atoms with Crippen LogP contribution in [0.5, 0.6) is 0 Å². The molecule has 4 heteroatoms. The Morgan fingerprint density at radius 2 is 1.80 bits per heavy atom. The van der Waals surface area contributed by atoms with Crippen molar-refractivity contribution >= 4 is 17.5 Å². The van der Waals surface area contributed by atoms with Crippen LogP contribution in [0.3, 0.4) is 0 Å². The molecular weight excluding hydrogens is 252 g/mol. The Morgan fingerprint density at radius 3 is 2.30 bits per heavy atom. The molecule has 2 N–H and O–H groups in total. The van der Waals surface area contributed by atoms with Gasteiger partial charge in [-0.3, -0.25) is 9.59 Å². The van der Waals surface area contributed by atoms with Crippen LogP contribution in [-0.4, -0.2) is 17.9 Å². The van der Waals surface area contributed by atoms with E-state index in [2.05, 4.69) is 17.6 Å². The van der Waals surface area contributed by atoms with Crippen LogP contribution >= 0.6 is 0 Å². The predicted octanol–water partition coefficient (Wildman–Crippen LogP) is 2.25. The van der Waals surface area contributed by atoms with Crippen LogP contribution in [0.15, 0.2) is 24.3 Å². The molecule has 0 bridgehead atoms. The van der Waals surface area contributed by atoms with E-state index >= 15 is 0 Å². The number of carbonyl (C=O) groups is 2. The van der Waals surface area contributed by atoms with Gasteiger partial charge in [0.25, 0.3) is 0 Å². The van der Waals surface area contributed by atoms with E-state index in [0.717, 1.165) is 24.9 Å². The van der Waals surface area contributed by atoms with Gasteiger partial charge in [-0.05, 0) is 49.8 Å². The molecule has 2 saturated carbocycles. The number of amides is 2. The van der Waals surface area contributed by atoms with Crippen molar-refractivity contribution in [3.05, 3.63) is 29.8 Å². The molecule has 20 heavy (non-hydrogen) atoms. The Hall–Kier alpha value is -1.84. The third kappa shape index (κ3) is 2.55. The average molecular weight is 272 g/mol. The SMILES string of the molecule is CCc1ccc(NC(=O)C2(C(=O)NC3CC3)CC2)cc1. The molecule has 3 rings (SSSR count). The van der Waals surface area contributed by atoms with Crippen LogP contribution in [0.1, 0.15) is 38.2 Å². The molecule has 2 amide bonds. The van der Waals surface area contributed by atoms with Gasteiger partial charge in [0.2, 0.25) is 11.8 Å². The van der Waals surface area contributed by atoms with Gasteiger partial charge in [0.05, 0.1) is 0 Å². The molecule has 2 fully saturated rings. The lowest BCUT2D eigenvalue weighted by Gasteiger charge is -2.15. The molecule has 0 radical (unpaired) electrons. The molecule has 0 spiro atoms. The minimum Gasteiger partial charge on any atom is -0.352 e. The number of aryl methyl sites for hydroxylation is 1. The lowest BCUT2D eigenvalue weighted by atomic mass is 10.0. The third-order valence-corrected chi connectivity index (χ3v) is 4.15. The van der Waals surface area contributed by atoms with Crippen molar-refractivity contribution in [1.82, 2.24) is 5.32 Å². The summed E-state index contributed by atoms with van der Waals surface area (Å²) in [5.74, 6) is -0.262. The fourth-order valence-corrected chi connectivity index (χ4v) is 2.31. The summed E-state index contributed by atoms with van der Waals surface area (Å²) < 4.78 is 0. The summed E-state index contributed by atoms with van der Waals surface area (Å²) in [5.41, 5.74) is 1.18. The molecule has 1 aromatic rings. The molecule has 0 heterocycles. The van der Waals surface area contributed by atoms with Crippen molar-refractivity contribution in [3.63, 3.8) is 0 Å². The Labute approximate surface area is 118 Å². The van der Waals surface area contributed by atoms with Gasteiger partial charge in [-0.1, -0.05) is 19.1 Å². The van der Waals surface area contributed by atoms with E-state index in [1.165, 1.54) is 5.56 Å². The van der Waals surface area contributed by atoms with E-state index in [0.29, 0.717) is 18.9 Å². The maximum atomic E-state index is 12.3.